The number of benzene rings is 1. The van der Waals surface area contributed by atoms with Crippen molar-refractivity contribution in [3.8, 4) is 0 Å². The van der Waals surface area contributed by atoms with E-state index in [0.717, 1.165) is 19.3 Å². The fourth-order valence-electron chi connectivity index (χ4n) is 2.97. The van der Waals surface area contributed by atoms with Crippen LogP contribution >= 0.6 is 0 Å². The Hall–Kier alpha value is -1.14. The largest absolute Gasteiger partial charge is 0.399 e. The van der Waals surface area contributed by atoms with Gasteiger partial charge in [-0.1, -0.05) is 26.7 Å². The lowest BCUT2D eigenvalue weighted by Gasteiger charge is -2.34. The maximum Gasteiger partial charge on any atom is 0.243 e. The number of rotatable bonds is 3. The highest BCUT2D eigenvalue weighted by atomic mass is 32.2. The second-order valence-electron chi connectivity index (χ2n) is 6.15. The zero-order chi connectivity index (χ0) is 15.8. The minimum atomic E-state index is -3.90. The molecule has 1 fully saturated rings. The van der Waals surface area contributed by atoms with Crippen LogP contribution in [0.1, 0.15) is 38.7 Å². The van der Waals surface area contributed by atoms with Gasteiger partial charge in [-0.25, -0.2) is 17.5 Å². The standard InChI is InChI=1S/C15H23FN2O2S/c1-9-5-4-6-13(11(9)3)18-21(19,20)14-8-12(17)7-10(2)15(14)16/h7-9,11,13,18H,4-6,17H2,1-3H3. The Labute approximate surface area is 126 Å². The van der Waals surface area contributed by atoms with Gasteiger partial charge in [0.1, 0.15) is 10.7 Å². The molecular weight excluding hydrogens is 291 g/mol. The molecule has 2 rings (SSSR count). The van der Waals surface area contributed by atoms with Crippen LogP contribution in [-0.2, 0) is 10.0 Å². The first-order chi connectivity index (χ1) is 9.72. The van der Waals surface area contributed by atoms with Crippen LogP contribution in [0.25, 0.3) is 0 Å². The van der Waals surface area contributed by atoms with Gasteiger partial charge in [-0.2, -0.15) is 0 Å². The van der Waals surface area contributed by atoms with Gasteiger partial charge in [0, 0.05) is 11.7 Å². The Balaban J connectivity index is 2.31. The molecule has 6 heteroatoms. The Kier molecular flexibility index (Phi) is 4.58. The van der Waals surface area contributed by atoms with E-state index < -0.39 is 15.8 Å². The minimum absolute atomic E-state index is 0.153. The van der Waals surface area contributed by atoms with Gasteiger partial charge < -0.3 is 5.73 Å². The summed E-state index contributed by atoms with van der Waals surface area (Å²) in [6.07, 6.45) is 2.87. The summed E-state index contributed by atoms with van der Waals surface area (Å²) in [7, 11) is -3.90. The highest BCUT2D eigenvalue weighted by Crippen LogP contribution is 2.31. The molecule has 0 radical (unpaired) electrons. The van der Waals surface area contributed by atoms with E-state index in [1.165, 1.54) is 19.1 Å². The number of halogens is 1. The zero-order valence-electron chi connectivity index (χ0n) is 12.7. The number of aryl methyl sites for hydroxylation is 1. The summed E-state index contributed by atoms with van der Waals surface area (Å²) in [5, 5.41) is 0. The van der Waals surface area contributed by atoms with Gasteiger partial charge in [-0.3, -0.25) is 0 Å². The molecule has 0 bridgehead atoms. The fraction of sp³-hybridized carbons (Fsp3) is 0.600. The van der Waals surface area contributed by atoms with Crippen molar-refractivity contribution < 1.29 is 12.8 Å². The first-order valence-electron chi connectivity index (χ1n) is 7.30. The molecule has 1 aromatic carbocycles. The lowest BCUT2D eigenvalue weighted by atomic mass is 9.78. The molecule has 3 atom stereocenters. The number of hydrogen-bond acceptors (Lipinski definition) is 3. The van der Waals surface area contributed by atoms with Gasteiger partial charge in [-0.15, -0.1) is 0 Å². The molecular formula is C15H23FN2O2S. The third kappa shape index (κ3) is 3.37. The molecule has 0 amide bonds. The van der Waals surface area contributed by atoms with E-state index in [0.29, 0.717) is 5.92 Å². The molecule has 1 aromatic rings. The quantitative estimate of drug-likeness (QED) is 0.843. The molecule has 21 heavy (non-hydrogen) atoms. The second kappa shape index (κ2) is 5.93. The molecule has 1 aliphatic rings. The average Bonchev–Trinajstić information content (AvgIpc) is 2.39. The highest BCUT2D eigenvalue weighted by molar-refractivity contribution is 7.89. The van der Waals surface area contributed by atoms with Crippen LogP contribution in [-0.4, -0.2) is 14.5 Å². The number of sulfonamides is 1. The molecule has 4 nitrogen and oxygen atoms in total. The molecule has 3 unspecified atom stereocenters. The molecule has 3 N–H and O–H groups in total. The van der Waals surface area contributed by atoms with E-state index in [9.17, 15) is 12.8 Å². The third-order valence-electron chi connectivity index (χ3n) is 4.55. The summed E-state index contributed by atoms with van der Waals surface area (Å²) in [6.45, 7) is 5.67. The Morgan fingerprint density at radius 2 is 1.95 bits per heavy atom. The van der Waals surface area contributed by atoms with Crippen LogP contribution in [0.15, 0.2) is 17.0 Å². The molecule has 0 aromatic heterocycles. The first kappa shape index (κ1) is 16.2. The maximum atomic E-state index is 14.1. The van der Waals surface area contributed by atoms with E-state index in [-0.39, 0.29) is 28.1 Å². The van der Waals surface area contributed by atoms with Gasteiger partial charge in [-0.05, 0) is 42.9 Å². The van der Waals surface area contributed by atoms with Crippen molar-refractivity contribution in [1.29, 1.82) is 0 Å². The summed E-state index contributed by atoms with van der Waals surface area (Å²) in [4.78, 5) is -0.356. The predicted molar refractivity (Wildman–Crippen MR) is 81.8 cm³/mol. The lowest BCUT2D eigenvalue weighted by Crippen LogP contribution is -2.43. The first-order valence-corrected chi connectivity index (χ1v) is 8.78. The number of nitrogens with one attached hydrogen (secondary N) is 1. The van der Waals surface area contributed by atoms with Gasteiger partial charge in [0.2, 0.25) is 10.0 Å². The van der Waals surface area contributed by atoms with E-state index in [1.54, 1.807) is 0 Å². The van der Waals surface area contributed by atoms with Crippen LogP contribution in [0.3, 0.4) is 0 Å². The van der Waals surface area contributed by atoms with E-state index >= 15 is 0 Å². The number of anilines is 1. The van der Waals surface area contributed by atoms with Crippen molar-refractivity contribution in [2.75, 3.05) is 5.73 Å². The van der Waals surface area contributed by atoms with Crippen LogP contribution in [0.4, 0.5) is 10.1 Å². The van der Waals surface area contributed by atoms with Crippen LogP contribution in [0, 0.1) is 24.6 Å². The normalized spacial score (nSPS) is 26.8. The summed E-state index contributed by atoms with van der Waals surface area (Å²) in [5.41, 5.74) is 6.13. The van der Waals surface area contributed by atoms with Gasteiger partial charge >= 0.3 is 0 Å². The van der Waals surface area contributed by atoms with Crippen molar-refractivity contribution in [3.05, 3.63) is 23.5 Å². The number of nitrogens with two attached hydrogens (primary N) is 1. The van der Waals surface area contributed by atoms with Crippen molar-refractivity contribution in [3.63, 3.8) is 0 Å². The molecule has 0 spiro atoms. The summed E-state index contributed by atoms with van der Waals surface area (Å²) < 4.78 is 41.7. The molecule has 1 saturated carbocycles. The maximum absolute atomic E-state index is 14.1. The van der Waals surface area contributed by atoms with Crippen molar-refractivity contribution >= 4 is 15.7 Å². The van der Waals surface area contributed by atoms with Gasteiger partial charge in [0.05, 0.1) is 0 Å². The van der Waals surface area contributed by atoms with E-state index in [4.69, 9.17) is 5.73 Å². The van der Waals surface area contributed by atoms with Crippen molar-refractivity contribution in [2.45, 2.75) is 51.0 Å². The smallest absolute Gasteiger partial charge is 0.243 e. The predicted octanol–water partition coefficient (Wildman–Crippen LogP) is 2.82. The van der Waals surface area contributed by atoms with E-state index in [1.807, 2.05) is 6.92 Å². The zero-order valence-corrected chi connectivity index (χ0v) is 13.5. The average molecular weight is 314 g/mol. The summed E-state index contributed by atoms with van der Waals surface area (Å²) in [5.74, 6) is -0.0363. The Morgan fingerprint density at radius 3 is 2.62 bits per heavy atom. The molecule has 1 aliphatic carbocycles. The van der Waals surface area contributed by atoms with E-state index in [2.05, 4.69) is 11.6 Å². The fourth-order valence-corrected chi connectivity index (χ4v) is 4.52. The topological polar surface area (TPSA) is 72.2 Å². The Morgan fingerprint density at radius 1 is 1.29 bits per heavy atom. The monoisotopic (exact) mass is 314 g/mol. The third-order valence-corrected chi connectivity index (χ3v) is 6.04. The summed E-state index contributed by atoms with van der Waals surface area (Å²) >= 11 is 0. The van der Waals surface area contributed by atoms with Crippen molar-refractivity contribution in [1.82, 2.24) is 4.72 Å². The van der Waals surface area contributed by atoms with Gasteiger partial charge in [0.25, 0.3) is 0 Å². The lowest BCUT2D eigenvalue weighted by molar-refractivity contribution is 0.227. The molecule has 118 valence electrons. The van der Waals surface area contributed by atoms with Crippen LogP contribution in [0.5, 0.6) is 0 Å². The van der Waals surface area contributed by atoms with Crippen LogP contribution < -0.4 is 10.5 Å². The minimum Gasteiger partial charge on any atom is -0.399 e. The SMILES string of the molecule is Cc1cc(N)cc(S(=O)(=O)NC2CCCC(C)C2C)c1F. The second-order valence-corrected chi connectivity index (χ2v) is 7.83. The molecule has 0 aliphatic heterocycles. The van der Waals surface area contributed by atoms with Crippen molar-refractivity contribution in [2.24, 2.45) is 11.8 Å². The molecule has 0 heterocycles. The highest BCUT2D eigenvalue weighted by Gasteiger charge is 2.32. The Bertz CT molecular complexity index is 631. The van der Waals surface area contributed by atoms with Gasteiger partial charge in [0.15, 0.2) is 0 Å². The number of hydrogen-bond donors (Lipinski definition) is 2. The number of nitrogen functional groups attached to an aromatic ring is 1. The summed E-state index contributed by atoms with van der Waals surface area (Å²) in [6, 6.07) is 2.46. The van der Waals surface area contributed by atoms with Crippen LogP contribution in [0.2, 0.25) is 0 Å². The molecule has 0 saturated heterocycles.